The first-order chi connectivity index (χ1) is 9.28. The van der Waals surface area contributed by atoms with Crippen molar-refractivity contribution in [2.75, 3.05) is 0 Å². The first kappa shape index (κ1) is 11.7. The molecule has 19 heavy (non-hydrogen) atoms. The number of imidazole rings is 1. The van der Waals surface area contributed by atoms with Crippen molar-refractivity contribution in [2.45, 2.75) is 6.54 Å². The van der Waals surface area contributed by atoms with E-state index in [1.807, 2.05) is 28.8 Å². The maximum absolute atomic E-state index is 6.93. The molecule has 0 spiro atoms. The normalized spacial score (nSPS) is 10.5. The second-order valence-electron chi connectivity index (χ2n) is 4.09. The average molecular weight is 269 g/mol. The molecule has 0 N–H and O–H groups in total. The Hall–Kier alpha value is -2.38. The van der Waals surface area contributed by atoms with Crippen LogP contribution in [0.4, 0.5) is 5.69 Å². The van der Waals surface area contributed by atoms with Crippen LogP contribution in [0, 0.1) is 6.57 Å². The number of fused-ring (bicyclic) bond motifs is 1. The van der Waals surface area contributed by atoms with Crippen LogP contribution in [0.2, 0.25) is 5.28 Å². The van der Waals surface area contributed by atoms with Crippen LogP contribution in [-0.4, -0.2) is 14.5 Å². The summed E-state index contributed by atoms with van der Waals surface area (Å²) in [5.41, 5.74) is 3.25. The SMILES string of the molecule is [C-]#[N+]c1ccc(Cn2c(Cl)nc3ncccc32)cc1. The number of rotatable bonds is 2. The Morgan fingerprint density at radius 2 is 2.00 bits per heavy atom. The second kappa shape index (κ2) is 4.71. The molecule has 0 fully saturated rings. The highest BCUT2D eigenvalue weighted by molar-refractivity contribution is 6.29. The maximum atomic E-state index is 6.93. The standard InChI is InChI=1S/C14H9ClN4/c1-16-11-6-4-10(5-7-11)9-19-12-3-2-8-17-13(12)18-14(19)15/h2-8H,9H2. The first-order valence-corrected chi connectivity index (χ1v) is 6.09. The van der Waals surface area contributed by atoms with Crippen LogP contribution in [0.15, 0.2) is 42.6 Å². The third-order valence-electron chi connectivity index (χ3n) is 2.88. The minimum atomic E-state index is 0.419. The third-order valence-corrected chi connectivity index (χ3v) is 3.17. The summed E-state index contributed by atoms with van der Waals surface area (Å²) in [7, 11) is 0. The number of hydrogen-bond acceptors (Lipinski definition) is 2. The molecular formula is C14H9ClN4. The number of benzene rings is 1. The van der Waals surface area contributed by atoms with Crippen LogP contribution < -0.4 is 0 Å². The van der Waals surface area contributed by atoms with E-state index in [4.69, 9.17) is 18.2 Å². The molecule has 0 unspecified atom stereocenters. The van der Waals surface area contributed by atoms with Crippen LogP contribution >= 0.6 is 11.6 Å². The van der Waals surface area contributed by atoms with Gasteiger partial charge in [0.05, 0.1) is 18.6 Å². The van der Waals surface area contributed by atoms with Gasteiger partial charge in [-0.15, -0.1) is 0 Å². The summed E-state index contributed by atoms with van der Waals surface area (Å²) < 4.78 is 1.90. The van der Waals surface area contributed by atoms with Crippen LogP contribution in [0.25, 0.3) is 16.0 Å². The van der Waals surface area contributed by atoms with Gasteiger partial charge in [0, 0.05) is 6.20 Å². The lowest BCUT2D eigenvalue weighted by molar-refractivity contribution is 0.826. The second-order valence-corrected chi connectivity index (χ2v) is 4.43. The van der Waals surface area contributed by atoms with E-state index < -0.39 is 0 Å². The number of pyridine rings is 1. The molecule has 5 heteroatoms. The number of aromatic nitrogens is 3. The summed E-state index contributed by atoms with van der Waals surface area (Å²) in [6.07, 6.45) is 1.69. The lowest BCUT2D eigenvalue weighted by Gasteiger charge is -2.05. The summed E-state index contributed by atoms with van der Waals surface area (Å²) in [4.78, 5) is 11.8. The van der Waals surface area contributed by atoms with Gasteiger partial charge in [0.2, 0.25) is 5.28 Å². The lowest BCUT2D eigenvalue weighted by Crippen LogP contribution is -1.99. The van der Waals surface area contributed by atoms with Gasteiger partial charge in [-0.3, -0.25) is 0 Å². The largest absolute Gasteiger partial charge is 0.309 e. The minimum Gasteiger partial charge on any atom is -0.309 e. The van der Waals surface area contributed by atoms with Crippen LogP contribution in [0.3, 0.4) is 0 Å². The summed E-state index contributed by atoms with van der Waals surface area (Å²) in [6.45, 7) is 7.54. The molecule has 1 aromatic carbocycles. The Labute approximate surface area is 115 Å². The quantitative estimate of drug-likeness (QED) is 0.665. The molecule has 2 heterocycles. The van der Waals surface area contributed by atoms with Crippen LogP contribution in [-0.2, 0) is 6.54 Å². The smallest absolute Gasteiger partial charge is 0.205 e. The van der Waals surface area contributed by atoms with Crippen LogP contribution in [0.1, 0.15) is 5.56 Å². The molecule has 0 saturated carbocycles. The van der Waals surface area contributed by atoms with Gasteiger partial charge in [0.1, 0.15) is 0 Å². The van der Waals surface area contributed by atoms with Crippen molar-refractivity contribution in [1.29, 1.82) is 0 Å². The highest BCUT2D eigenvalue weighted by Crippen LogP contribution is 2.20. The number of nitrogens with zero attached hydrogens (tertiary/aromatic N) is 4. The predicted octanol–water partition coefficient (Wildman–Crippen LogP) is 3.68. The highest BCUT2D eigenvalue weighted by atomic mass is 35.5. The van der Waals surface area contributed by atoms with Crippen molar-refractivity contribution in [3.8, 4) is 0 Å². The fraction of sp³-hybridized carbons (Fsp3) is 0.0714. The average Bonchev–Trinajstić information content (AvgIpc) is 2.76. The molecule has 92 valence electrons. The molecule has 3 rings (SSSR count). The molecule has 0 bridgehead atoms. The third kappa shape index (κ3) is 2.16. The van der Waals surface area contributed by atoms with Gasteiger partial charge < -0.3 is 4.57 Å². The van der Waals surface area contributed by atoms with E-state index in [1.165, 1.54) is 0 Å². The molecule has 0 aliphatic heterocycles. The van der Waals surface area contributed by atoms with Gasteiger partial charge in [0.25, 0.3) is 0 Å². The first-order valence-electron chi connectivity index (χ1n) is 5.71. The zero-order valence-corrected chi connectivity index (χ0v) is 10.7. The van der Waals surface area contributed by atoms with Crippen molar-refractivity contribution in [1.82, 2.24) is 14.5 Å². The Balaban J connectivity index is 2.00. The van der Waals surface area contributed by atoms with Gasteiger partial charge in [-0.25, -0.2) is 9.83 Å². The van der Waals surface area contributed by atoms with Gasteiger partial charge in [-0.05, 0) is 29.3 Å². The summed E-state index contributed by atoms with van der Waals surface area (Å²) in [6, 6.07) is 11.2. The van der Waals surface area contributed by atoms with Gasteiger partial charge >= 0.3 is 0 Å². The van der Waals surface area contributed by atoms with E-state index in [9.17, 15) is 0 Å². The van der Waals surface area contributed by atoms with Crippen molar-refractivity contribution in [3.05, 3.63) is 64.9 Å². The van der Waals surface area contributed by atoms with E-state index in [2.05, 4.69) is 14.8 Å². The molecule has 4 nitrogen and oxygen atoms in total. The summed E-state index contributed by atoms with van der Waals surface area (Å²) in [5.74, 6) is 0. The van der Waals surface area contributed by atoms with Gasteiger partial charge in [-0.2, -0.15) is 4.98 Å². The minimum absolute atomic E-state index is 0.419. The monoisotopic (exact) mass is 268 g/mol. The number of hydrogen-bond donors (Lipinski definition) is 0. The molecule has 0 aliphatic rings. The molecule has 0 radical (unpaired) electrons. The van der Waals surface area contributed by atoms with Crippen LogP contribution in [0.5, 0.6) is 0 Å². The highest BCUT2D eigenvalue weighted by Gasteiger charge is 2.09. The summed E-state index contributed by atoms with van der Waals surface area (Å²) in [5, 5.41) is 0.419. The van der Waals surface area contributed by atoms with Crippen molar-refractivity contribution in [2.24, 2.45) is 0 Å². The summed E-state index contributed by atoms with van der Waals surface area (Å²) >= 11 is 6.14. The molecule has 0 amide bonds. The van der Waals surface area contributed by atoms with E-state index >= 15 is 0 Å². The molecule has 2 aromatic heterocycles. The topological polar surface area (TPSA) is 35.1 Å². The zero-order chi connectivity index (χ0) is 13.2. The molecule has 0 aliphatic carbocycles. The molecule has 0 atom stereocenters. The molecule has 3 aromatic rings. The van der Waals surface area contributed by atoms with E-state index in [-0.39, 0.29) is 0 Å². The van der Waals surface area contributed by atoms with E-state index in [0.29, 0.717) is 23.2 Å². The fourth-order valence-electron chi connectivity index (χ4n) is 1.94. The Bertz CT molecular complexity index is 768. The van der Waals surface area contributed by atoms with Gasteiger partial charge in [0.15, 0.2) is 11.3 Å². The van der Waals surface area contributed by atoms with Crippen molar-refractivity contribution in [3.63, 3.8) is 0 Å². The van der Waals surface area contributed by atoms with Crippen molar-refractivity contribution >= 4 is 28.5 Å². The zero-order valence-electron chi connectivity index (χ0n) is 9.92. The Kier molecular flexibility index (Phi) is 2.90. The number of halogens is 1. The maximum Gasteiger partial charge on any atom is 0.205 e. The van der Waals surface area contributed by atoms with Crippen molar-refractivity contribution < 1.29 is 0 Å². The Morgan fingerprint density at radius 3 is 2.74 bits per heavy atom. The van der Waals surface area contributed by atoms with E-state index in [0.717, 1.165) is 11.1 Å². The lowest BCUT2D eigenvalue weighted by atomic mass is 10.2. The Morgan fingerprint density at radius 1 is 1.21 bits per heavy atom. The van der Waals surface area contributed by atoms with E-state index in [1.54, 1.807) is 18.3 Å². The fourth-order valence-corrected chi connectivity index (χ4v) is 2.17. The molecule has 0 saturated heterocycles. The molecular weight excluding hydrogens is 260 g/mol. The predicted molar refractivity (Wildman–Crippen MR) is 74.3 cm³/mol. The van der Waals surface area contributed by atoms with Gasteiger partial charge in [-0.1, -0.05) is 24.3 Å².